The van der Waals surface area contributed by atoms with Crippen molar-refractivity contribution < 1.29 is 19.0 Å². The Kier molecular flexibility index (Phi) is 4.63. The van der Waals surface area contributed by atoms with Crippen LogP contribution in [0.2, 0.25) is 0 Å². The molecule has 17 heavy (non-hydrogen) atoms. The van der Waals surface area contributed by atoms with Gasteiger partial charge in [0.2, 0.25) is 0 Å². The van der Waals surface area contributed by atoms with E-state index in [0.717, 1.165) is 0 Å². The zero-order valence-corrected chi connectivity index (χ0v) is 10.2. The van der Waals surface area contributed by atoms with E-state index in [1.54, 1.807) is 25.3 Å². The maximum absolute atomic E-state index is 10.6. The fourth-order valence-corrected chi connectivity index (χ4v) is 1.21. The molecule has 0 unspecified atom stereocenters. The van der Waals surface area contributed by atoms with Gasteiger partial charge in [0.1, 0.15) is 5.75 Å². The first-order valence-electron chi connectivity index (χ1n) is 5.31. The minimum atomic E-state index is -0.857. The normalized spacial score (nSPS) is 10.1. The Morgan fingerprint density at radius 2 is 2.06 bits per heavy atom. The van der Waals surface area contributed by atoms with Crippen molar-refractivity contribution in [3.8, 4) is 17.2 Å². The van der Waals surface area contributed by atoms with E-state index in [1.165, 1.54) is 0 Å². The molecule has 0 aliphatic heterocycles. The number of hydrogen-bond donors (Lipinski definition) is 1. The van der Waals surface area contributed by atoms with Gasteiger partial charge in [-0.05, 0) is 18.1 Å². The molecule has 0 aliphatic carbocycles. The van der Waals surface area contributed by atoms with Crippen LogP contribution >= 0.6 is 0 Å². The van der Waals surface area contributed by atoms with Crippen molar-refractivity contribution in [1.29, 1.82) is 0 Å². The van der Waals surface area contributed by atoms with Crippen molar-refractivity contribution in [3.63, 3.8) is 0 Å². The van der Waals surface area contributed by atoms with Crippen LogP contribution in [0.1, 0.15) is 13.8 Å². The predicted octanol–water partition coefficient (Wildman–Crippen LogP) is 2.19. The van der Waals surface area contributed by atoms with Crippen molar-refractivity contribution in [2.24, 2.45) is 11.7 Å². The number of ether oxygens (including phenoxy) is 3. The van der Waals surface area contributed by atoms with Crippen molar-refractivity contribution >= 4 is 6.09 Å². The van der Waals surface area contributed by atoms with Crippen LogP contribution in [0.5, 0.6) is 17.2 Å². The fraction of sp³-hybridized carbons (Fsp3) is 0.417. The number of carbonyl (C=O) groups excluding carboxylic acids is 1. The van der Waals surface area contributed by atoms with Gasteiger partial charge in [-0.15, -0.1) is 0 Å². The minimum absolute atomic E-state index is 0.331. The molecular formula is C12H17NO4. The highest BCUT2D eigenvalue weighted by Crippen LogP contribution is 2.31. The molecule has 94 valence electrons. The van der Waals surface area contributed by atoms with Gasteiger partial charge < -0.3 is 19.9 Å². The van der Waals surface area contributed by atoms with Crippen molar-refractivity contribution in [3.05, 3.63) is 18.2 Å². The predicted molar refractivity (Wildman–Crippen MR) is 63.5 cm³/mol. The van der Waals surface area contributed by atoms with E-state index in [9.17, 15) is 4.79 Å². The molecule has 0 aromatic heterocycles. The molecule has 5 heteroatoms. The maximum Gasteiger partial charge on any atom is 0.409 e. The molecule has 0 atom stereocenters. The average Bonchev–Trinajstić information content (AvgIpc) is 2.25. The summed E-state index contributed by atoms with van der Waals surface area (Å²) in [5.74, 6) is 1.83. The summed E-state index contributed by atoms with van der Waals surface area (Å²) in [6, 6.07) is 4.83. The maximum atomic E-state index is 10.6. The third kappa shape index (κ3) is 4.22. The van der Waals surface area contributed by atoms with Gasteiger partial charge in [0.05, 0.1) is 13.7 Å². The molecule has 1 amide bonds. The van der Waals surface area contributed by atoms with Crippen LogP contribution in [-0.2, 0) is 0 Å². The van der Waals surface area contributed by atoms with Gasteiger partial charge in [-0.3, -0.25) is 0 Å². The number of amides is 1. The lowest BCUT2D eigenvalue weighted by molar-refractivity contribution is 0.210. The highest BCUT2D eigenvalue weighted by molar-refractivity contribution is 5.68. The largest absolute Gasteiger partial charge is 0.493 e. The van der Waals surface area contributed by atoms with Crippen molar-refractivity contribution in [2.75, 3.05) is 13.7 Å². The zero-order chi connectivity index (χ0) is 12.8. The van der Waals surface area contributed by atoms with Crippen LogP contribution in [-0.4, -0.2) is 19.8 Å². The van der Waals surface area contributed by atoms with Crippen LogP contribution in [0.3, 0.4) is 0 Å². The molecule has 2 N–H and O–H groups in total. The highest BCUT2D eigenvalue weighted by Gasteiger charge is 2.08. The second-order valence-electron chi connectivity index (χ2n) is 3.94. The minimum Gasteiger partial charge on any atom is -0.493 e. The third-order valence-corrected chi connectivity index (χ3v) is 1.93. The van der Waals surface area contributed by atoms with E-state index in [4.69, 9.17) is 19.9 Å². The first kappa shape index (κ1) is 13.2. The molecule has 0 radical (unpaired) electrons. The molecule has 0 aliphatic rings. The number of rotatable bonds is 5. The smallest absolute Gasteiger partial charge is 0.409 e. The SMILES string of the molecule is COc1ccc(OC(N)=O)cc1OCC(C)C. The number of benzene rings is 1. The summed E-state index contributed by atoms with van der Waals surface area (Å²) in [6.45, 7) is 4.63. The Morgan fingerprint density at radius 1 is 1.35 bits per heavy atom. The standard InChI is InChI=1S/C12H17NO4/c1-8(2)7-16-11-6-9(17-12(13)14)4-5-10(11)15-3/h4-6,8H,7H2,1-3H3,(H2,13,14). The first-order valence-corrected chi connectivity index (χ1v) is 5.31. The van der Waals surface area contributed by atoms with Crippen LogP contribution in [0.15, 0.2) is 18.2 Å². The molecule has 1 aromatic carbocycles. The van der Waals surface area contributed by atoms with Gasteiger partial charge in [0, 0.05) is 6.07 Å². The number of methoxy groups -OCH3 is 1. The summed E-state index contributed by atoms with van der Waals surface area (Å²) in [5.41, 5.74) is 4.93. The molecule has 1 rings (SSSR count). The monoisotopic (exact) mass is 239 g/mol. The molecule has 0 heterocycles. The Balaban J connectivity index is 2.85. The second-order valence-corrected chi connectivity index (χ2v) is 3.94. The van der Waals surface area contributed by atoms with Crippen LogP contribution < -0.4 is 19.9 Å². The number of nitrogens with two attached hydrogens (primary N) is 1. The lowest BCUT2D eigenvalue weighted by Gasteiger charge is -2.13. The summed E-state index contributed by atoms with van der Waals surface area (Å²) in [6.07, 6.45) is -0.857. The van der Waals surface area contributed by atoms with Gasteiger partial charge >= 0.3 is 6.09 Å². The molecule has 0 saturated heterocycles. The quantitative estimate of drug-likeness (QED) is 0.855. The van der Waals surface area contributed by atoms with Gasteiger partial charge in [-0.2, -0.15) is 0 Å². The molecule has 1 aromatic rings. The Labute approximate surface area is 100 Å². The van der Waals surface area contributed by atoms with E-state index < -0.39 is 6.09 Å². The molecular weight excluding hydrogens is 222 g/mol. The Hall–Kier alpha value is -1.91. The van der Waals surface area contributed by atoms with Crippen LogP contribution in [0, 0.1) is 5.92 Å². The topological polar surface area (TPSA) is 70.8 Å². The summed E-state index contributed by atoms with van der Waals surface area (Å²) < 4.78 is 15.5. The summed E-state index contributed by atoms with van der Waals surface area (Å²) in [5, 5.41) is 0. The van der Waals surface area contributed by atoms with Crippen molar-refractivity contribution in [1.82, 2.24) is 0 Å². The van der Waals surface area contributed by atoms with E-state index >= 15 is 0 Å². The molecule has 0 fully saturated rings. The average molecular weight is 239 g/mol. The van der Waals surface area contributed by atoms with Gasteiger partial charge in [-0.25, -0.2) is 4.79 Å². The zero-order valence-electron chi connectivity index (χ0n) is 10.2. The van der Waals surface area contributed by atoms with E-state index in [-0.39, 0.29) is 0 Å². The van der Waals surface area contributed by atoms with E-state index in [0.29, 0.717) is 29.8 Å². The Bertz CT molecular complexity index is 390. The van der Waals surface area contributed by atoms with Gasteiger partial charge in [-0.1, -0.05) is 13.8 Å². The van der Waals surface area contributed by atoms with E-state index in [2.05, 4.69) is 0 Å². The Morgan fingerprint density at radius 3 is 2.59 bits per heavy atom. The molecule has 0 saturated carbocycles. The molecule has 0 spiro atoms. The third-order valence-electron chi connectivity index (χ3n) is 1.93. The molecule has 0 bridgehead atoms. The lowest BCUT2D eigenvalue weighted by atomic mass is 10.2. The van der Waals surface area contributed by atoms with E-state index in [1.807, 2.05) is 13.8 Å². The summed E-state index contributed by atoms with van der Waals surface area (Å²) in [4.78, 5) is 10.6. The van der Waals surface area contributed by atoms with Gasteiger partial charge in [0.15, 0.2) is 11.5 Å². The van der Waals surface area contributed by atoms with Gasteiger partial charge in [0.25, 0.3) is 0 Å². The lowest BCUT2D eigenvalue weighted by Crippen LogP contribution is -2.16. The summed E-state index contributed by atoms with van der Waals surface area (Å²) >= 11 is 0. The highest BCUT2D eigenvalue weighted by atomic mass is 16.6. The van der Waals surface area contributed by atoms with Crippen LogP contribution in [0.25, 0.3) is 0 Å². The number of primary amides is 1. The first-order chi connectivity index (χ1) is 8.02. The van der Waals surface area contributed by atoms with Crippen molar-refractivity contribution in [2.45, 2.75) is 13.8 Å². The van der Waals surface area contributed by atoms with Crippen LogP contribution in [0.4, 0.5) is 4.79 Å². The number of hydrogen-bond acceptors (Lipinski definition) is 4. The fourth-order valence-electron chi connectivity index (χ4n) is 1.21. The second kappa shape index (κ2) is 5.98. The summed E-state index contributed by atoms with van der Waals surface area (Å²) in [7, 11) is 1.55. The number of carbonyl (C=O) groups is 1. The molecule has 5 nitrogen and oxygen atoms in total.